The summed E-state index contributed by atoms with van der Waals surface area (Å²) < 4.78 is 10.4. The van der Waals surface area contributed by atoms with E-state index in [-0.39, 0.29) is 5.91 Å². The summed E-state index contributed by atoms with van der Waals surface area (Å²) in [5.41, 5.74) is 0.840. The Morgan fingerprint density at radius 3 is 2.57 bits per heavy atom. The number of thiocarbonyl (C=S) groups is 1. The van der Waals surface area contributed by atoms with E-state index in [1.54, 1.807) is 32.4 Å². The highest BCUT2D eigenvalue weighted by Crippen LogP contribution is 2.27. The predicted octanol–water partition coefficient (Wildman–Crippen LogP) is 2.65. The van der Waals surface area contributed by atoms with Gasteiger partial charge in [-0.05, 0) is 48.8 Å². The fraction of sp³-hybridized carbons (Fsp3) is 0.412. The first kappa shape index (κ1) is 17.3. The number of nitrogens with one attached hydrogen (secondary N) is 2. The molecule has 0 unspecified atom stereocenters. The summed E-state index contributed by atoms with van der Waals surface area (Å²) in [5.74, 6) is 1.01. The van der Waals surface area contributed by atoms with Crippen molar-refractivity contribution in [1.29, 1.82) is 0 Å². The lowest BCUT2D eigenvalue weighted by Crippen LogP contribution is -2.42. The van der Waals surface area contributed by atoms with Gasteiger partial charge in [-0.1, -0.05) is 18.9 Å². The molecule has 0 atom stereocenters. The topological polar surface area (TPSA) is 59.6 Å². The molecule has 0 aromatic heterocycles. The number of benzene rings is 1. The van der Waals surface area contributed by atoms with E-state index in [9.17, 15) is 4.79 Å². The second kappa shape index (κ2) is 8.53. The van der Waals surface area contributed by atoms with Gasteiger partial charge in [-0.3, -0.25) is 10.1 Å². The number of hydrogen-bond acceptors (Lipinski definition) is 4. The van der Waals surface area contributed by atoms with E-state index in [1.165, 1.54) is 18.9 Å². The minimum Gasteiger partial charge on any atom is -0.493 e. The molecule has 1 aromatic carbocycles. The number of amides is 1. The van der Waals surface area contributed by atoms with Gasteiger partial charge in [0.05, 0.1) is 14.2 Å². The first-order valence-corrected chi connectivity index (χ1v) is 8.05. The van der Waals surface area contributed by atoms with E-state index >= 15 is 0 Å². The van der Waals surface area contributed by atoms with E-state index in [0.717, 1.165) is 18.4 Å². The highest BCUT2D eigenvalue weighted by atomic mass is 32.1. The fourth-order valence-electron chi connectivity index (χ4n) is 2.57. The van der Waals surface area contributed by atoms with Gasteiger partial charge in [0, 0.05) is 12.1 Å². The standard InChI is InChI=1S/C17H22N2O3S/c1-21-14-9-7-12(11-15(14)22-2)8-10-16(20)19-17(23)18-13-5-3-4-6-13/h7-11,13H,3-6H2,1-2H3,(H2,18,19,20,23)/b10-8+. The molecule has 23 heavy (non-hydrogen) atoms. The number of carbonyl (C=O) groups is 1. The van der Waals surface area contributed by atoms with Gasteiger partial charge in [-0.2, -0.15) is 0 Å². The smallest absolute Gasteiger partial charge is 0.250 e. The van der Waals surface area contributed by atoms with E-state index in [2.05, 4.69) is 10.6 Å². The largest absolute Gasteiger partial charge is 0.493 e. The number of carbonyl (C=O) groups excluding carboxylic acids is 1. The lowest BCUT2D eigenvalue weighted by atomic mass is 10.2. The van der Waals surface area contributed by atoms with Gasteiger partial charge in [0.1, 0.15) is 0 Å². The van der Waals surface area contributed by atoms with E-state index in [0.29, 0.717) is 22.7 Å². The van der Waals surface area contributed by atoms with Crippen LogP contribution in [0.1, 0.15) is 31.2 Å². The molecule has 124 valence electrons. The molecule has 1 aromatic rings. The van der Waals surface area contributed by atoms with Crippen LogP contribution in [0.5, 0.6) is 11.5 Å². The van der Waals surface area contributed by atoms with Crippen LogP contribution in [0.15, 0.2) is 24.3 Å². The number of ether oxygens (including phenoxy) is 2. The molecule has 2 N–H and O–H groups in total. The SMILES string of the molecule is COc1ccc(/C=C/C(=O)NC(=S)NC2CCCC2)cc1OC. The molecule has 1 amide bonds. The molecule has 0 aliphatic heterocycles. The molecule has 0 bridgehead atoms. The molecule has 0 saturated heterocycles. The Morgan fingerprint density at radius 1 is 1.22 bits per heavy atom. The maximum absolute atomic E-state index is 11.9. The summed E-state index contributed by atoms with van der Waals surface area (Å²) in [5, 5.41) is 6.23. The van der Waals surface area contributed by atoms with Crippen molar-refractivity contribution in [2.45, 2.75) is 31.7 Å². The Balaban J connectivity index is 1.88. The van der Waals surface area contributed by atoms with Gasteiger partial charge in [-0.25, -0.2) is 0 Å². The fourth-order valence-corrected chi connectivity index (χ4v) is 2.84. The highest BCUT2D eigenvalue weighted by Gasteiger charge is 2.15. The van der Waals surface area contributed by atoms with Gasteiger partial charge in [0.15, 0.2) is 16.6 Å². The third-order valence-electron chi connectivity index (χ3n) is 3.76. The van der Waals surface area contributed by atoms with Crippen LogP contribution in [0.25, 0.3) is 6.08 Å². The number of methoxy groups -OCH3 is 2. The minimum atomic E-state index is -0.254. The predicted molar refractivity (Wildman–Crippen MR) is 94.7 cm³/mol. The zero-order valence-electron chi connectivity index (χ0n) is 13.4. The van der Waals surface area contributed by atoms with Crippen LogP contribution < -0.4 is 20.1 Å². The summed E-state index contributed by atoms with van der Waals surface area (Å²) in [4.78, 5) is 11.9. The molecule has 1 aliphatic rings. The molecule has 1 aliphatic carbocycles. The van der Waals surface area contributed by atoms with Crippen molar-refractivity contribution in [3.8, 4) is 11.5 Å². The Bertz CT molecular complexity index is 596. The second-order valence-electron chi connectivity index (χ2n) is 5.39. The van der Waals surface area contributed by atoms with E-state index < -0.39 is 0 Å². The second-order valence-corrected chi connectivity index (χ2v) is 5.80. The van der Waals surface area contributed by atoms with Gasteiger partial charge in [0.2, 0.25) is 5.91 Å². The summed E-state index contributed by atoms with van der Waals surface area (Å²) in [6.45, 7) is 0. The van der Waals surface area contributed by atoms with Crippen molar-refractivity contribution >= 4 is 29.3 Å². The number of hydrogen-bond donors (Lipinski definition) is 2. The molecule has 0 spiro atoms. The first-order chi connectivity index (χ1) is 11.1. The third-order valence-corrected chi connectivity index (χ3v) is 3.98. The summed E-state index contributed by atoms with van der Waals surface area (Å²) >= 11 is 5.16. The Morgan fingerprint density at radius 2 is 1.91 bits per heavy atom. The minimum absolute atomic E-state index is 0.254. The maximum Gasteiger partial charge on any atom is 0.250 e. The van der Waals surface area contributed by atoms with E-state index in [1.807, 2.05) is 6.07 Å². The van der Waals surface area contributed by atoms with Crippen molar-refractivity contribution in [1.82, 2.24) is 10.6 Å². The Hall–Kier alpha value is -2.08. The summed E-state index contributed by atoms with van der Waals surface area (Å²) in [6.07, 6.45) is 7.80. The third kappa shape index (κ3) is 5.25. The summed E-state index contributed by atoms with van der Waals surface area (Å²) in [6, 6.07) is 5.83. The van der Waals surface area contributed by atoms with Crippen molar-refractivity contribution in [2.24, 2.45) is 0 Å². The average molecular weight is 334 g/mol. The first-order valence-electron chi connectivity index (χ1n) is 7.64. The van der Waals surface area contributed by atoms with Crippen LogP contribution in [0.4, 0.5) is 0 Å². The molecule has 0 heterocycles. The lowest BCUT2D eigenvalue weighted by molar-refractivity contribution is -0.115. The quantitative estimate of drug-likeness (QED) is 0.640. The van der Waals surface area contributed by atoms with Crippen LogP contribution in [0.2, 0.25) is 0 Å². The van der Waals surface area contributed by atoms with Crippen molar-refractivity contribution in [3.63, 3.8) is 0 Å². The van der Waals surface area contributed by atoms with E-state index in [4.69, 9.17) is 21.7 Å². The van der Waals surface area contributed by atoms with Crippen LogP contribution in [-0.2, 0) is 4.79 Å². The highest BCUT2D eigenvalue weighted by molar-refractivity contribution is 7.80. The van der Waals surface area contributed by atoms with Crippen LogP contribution >= 0.6 is 12.2 Å². The Labute approximate surface area is 142 Å². The van der Waals surface area contributed by atoms with Crippen LogP contribution in [0.3, 0.4) is 0 Å². The maximum atomic E-state index is 11.9. The van der Waals surface area contributed by atoms with Gasteiger partial charge in [-0.15, -0.1) is 0 Å². The molecular formula is C17H22N2O3S. The lowest BCUT2D eigenvalue weighted by Gasteiger charge is -2.14. The molecule has 5 nitrogen and oxygen atoms in total. The molecule has 2 rings (SSSR count). The molecule has 1 saturated carbocycles. The zero-order valence-corrected chi connectivity index (χ0v) is 14.2. The number of rotatable bonds is 5. The van der Waals surface area contributed by atoms with Crippen molar-refractivity contribution < 1.29 is 14.3 Å². The van der Waals surface area contributed by atoms with Gasteiger partial charge >= 0.3 is 0 Å². The zero-order chi connectivity index (χ0) is 16.7. The normalized spacial score (nSPS) is 14.7. The molecule has 0 radical (unpaired) electrons. The monoisotopic (exact) mass is 334 g/mol. The van der Waals surface area contributed by atoms with Crippen LogP contribution in [0, 0.1) is 0 Å². The summed E-state index contributed by atoms with van der Waals surface area (Å²) in [7, 11) is 3.16. The average Bonchev–Trinajstić information content (AvgIpc) is 3.05. The van der Waals surface area contributed by atoms with Gasteiger partial charge in [0.25, 0.3) is 0 Å². The van der Waals surface area contributed by atoms with Crippen LogP contribution in [-0.4, -0.2) is 31.3 Å². The van der Waals surface area contributed by atoms with Crippen molar-refractivity contribution in [3.05, 3.63) is 29.8 Å². The molecule has 6 heteroatoms. The van der Waals surface area contributed by atoms with Crippen molar-refractivity contribution in [2.75, 3.05) is 14.2 Å². The molecule has 1 fully saturated rings. The Kier molecular flexibility index (Phi) is 6.40. The molecular weight excluding hydrogens is 312 g/mol. The van der Waals surface area contributed by atoms with Gasteiger partial charge < -0.3 is 14.8 Å².